The van der Waals surface area contributed by atoms with Gasteiger partial charge in [-0.05, 0) is 49.1 Å². The lowest BCUT2D eigenvalue weighted by molar-refractivity contribution is -0.122. The summed E-state index contributed by atoms with van der Waals surface area (Å²) >= 11 is 6.80. The fourth-order valence-electron chi connectivity index (χ4n) is 4.07. The lowest BCUT2D eigenvalue weighted by atomic mass is 9.99. The van der Waals surface area contributed by atoms with Gasteiger partial charge in [-0.15, -0.1) is 0 Å². The van der Waals surface area contributed by atoms with Crippen LogP contribution in [0.5, 0.6) is 0 Å². The van der Waals surface area contributed by atoms with Crippen molar-refractivity contribution in [2.45, 2.75) is 53.0 Å². The van der Waals surface area contributed by atoms with Crippen molar-refractivity contribution in [3.05, 3.63) is 68.9 Å². The van der Waals surface area contributed by atoms with E-state index in [0.29, 0.717) is 51.0 Å². The molecule has 1 aliphatic heterocycles. The first kappa shape index (κ1) is 25.2. The van der Waals surface area contributed by atoms with Crippen molar-refractivity contribution in [2.75, 3.05) is 11.9 Å². The molecule has 35 heavy (non-hydrogen) atoms. The summed E-state index contributed by atoms with van der Waals surface area (Å²) in [6, 6.07) is 7.36. The molecule has 1 unspecified atom stereocenters. The van der Waals surface area contributed by atoms with Crippen LogP contribution in [0.1, 0.15) is 56.4 Å². The molecule has 1 atom stereocenters. The molecule has 9 heteroatoms. The summed E-state index contributed by atoms with van der Waals surface area (Å²) in [7, 11) is 0. The van der Waals surface area contributed by atoms with Crippen LogP contribution in [0, 0.1) is 12.8 Å². The summed E-state index contributed by atoms with van der Waals surface area (Å²) in [5, 5.41) is 3.21. The van der Waals surface area contributed by atoms with E-state index >= 15 is 0 Å². The van der Waals surface area contributed by atoms with Gasteiger partial charge in [-0.3, -0.25) is 18.9 Å². The average Bonchev–Trinajstić information content (AvgIpc) is 3.46. The fraction of sp³-hybridized carbons (Fsp3) is 0.385. The third-order valence-electron chi connectivity index (χ3n) is 6.15. The zero-order chi connectivity index (χ0) is 24.9. The normalized spacial score (nSPS) is 16.0. The van der Waals surface area contributed by atoms with Gasteiger partial charge in [0.15, 0.2) is 0 Å². The van der Waals surface area contributed by atoms with Crippen molar-refractivity contribution in [1.29, 1.82) is 0 Å². The number of carbonyl (C=O) groups excluding carboxylic acids is 1. The first-order chi connectivity index (χ1) is 16.9. The number of nitrogens with one attached hydrogen (secondary N) is 1. The summed E-state index contributed by atoms with van der Waals surface area (Å²) in [6.45, 7) is 7.20. The van der Waals surface area contributed by atoms with Crippen LogP contribution in [0.4, 0.5) is 5.82 Å². The zero-order valence-corrected chi connectivity index (χ0v) is 21.9. The van der Waals surface area contributed by atoms with Crippen LogP contribution >= 0.6 is 24.0 Å². The summed E-state index contributed by atoms with van der Waals surface area (Å²) in [5.74, 6) is 1.36. The molecule has 0 bridgehead atoms. The highest BCUT2D eigenvalue weighted by molar-refractivity contribution is 8.26. The highest BCUT2D eigenvalue weighted by Crippen LogP contribution is 2.34. The number of amides is 1. The first-order valence-corrected chi connectivity index (χ1v) is 13.2. The van der Waals surface area contributed by atoms with Gasteiger partial charge in [-0.2, -0.15) is 0 Å². The van der Waals surface area contributed by atoms with Gasteiger partial charge < -0.3 is 9.73 Å². The third kappa shape index (κ3) is 5.67. The van der Waals surface area contributed by atoms with Crippen LogP contribution in [0.3, 0.4) is 0 Å². The Labute approximate surface area is 214 Å². The molecule has 1 saturated heterocycles. The first-order valence-electron chi connectivity index (χ1n) is 12.0. The van der Waals surface area contributed by atoms with E-state index in [1.54, 1.807) is 35.6 Å². The number of rotatable bonds is 10. The second-order valence-corrected chi connectivity index (χ2v) is 10.4. The Morgan fingerprint density at radius 1 is 1.26 bits per heavy atom. The molecule has 184 valence electrons. The number of thiocarbonyl (C=S) groups is 1. The average molecular weight is 511 g/mol. The van der Waals surface area contributed by atoms with E-state index < -0.39 is 0 Å². The van der Waals surface area contributed by atoms with Crippen LogP contribution in [0.15, 0.2) is 50.8 Å². The molecule has 0 radical (unpaired) electrons. The number of hydrogen-bond donors (Lipinski definition) is 1. The Kier molecular flexibility index (Phi) is 8.07. The largest absolute Gasteiger partial charge is 0.467 e. The second kappa shape index (κ2) is 11.2. The van der Waals surface area contributed by atoms with Crippen molar-refractivity contribution in [3.8, 4) is 0 Å². The van der Waals surface area contributed by atoms with E-state index in [2.05, 4.69) is 24.1 Å². The predicted molar refractivity (Wildman–Crippen MR) is 145 cm³/mol. The maximum Gasteiger partial charge on any atom is 0.267 e. The number of carbonyl (C=O) groups is 1. The van der Waals surface area contributed by atoms with Crippen molar-refractivity contribution in [3.63, 3.8) is 0 Å². The van der Waals surface area contributed by atoms with Gasteiger partial charge in [0, 0.05) is 12.7 Å². The predicted octanol–water partition coefficient (Wildman–Crippen LogP) is 5.63. The van der Waals surface area contributed by atoms with E-state index in [4.69, 9.17) is 16.6 Å². The smallest absolute Gasteiger partial charge is 0.267 e. The van der Waals surface area contributed by atoms with Crippen LogP contribution in [-0.2, 0) is 11.3 Å². The summed E-state index contributed by atoms with van der Waals surface area (Å²) in [4.78, 5) is 33.6. The minimum atomic E-state index is -0.250. The zero-order valence-electron chi connectivity index (χ0n) is 20.2. The molecule has 1 amide bonds. The van der Waals surface area contributed by atoms with Gasteiger partial charge in [-0.25, -0.2) is 4.98 Å². The summed E-state index contributed by atoms with van der Waals surface area (Å²) in [6.07, 6.45) is 9.29. The number of furan rings is 1. The highest BCUT2D eigenvalue weighted by atomic mass is 32.2. The monoisotopic (exact) mass is 510 g/mol. The number of fused-ring (bicyclic) bond motifs is 1. The number of pyridine rings is 1. The number of anilines is 1. The minimum absolute atomic E-state index is 0.152. The maximum atomic E-state index is 13.5. The van der Waals surface area contributed by atoms with E-state index in [1.165, 1.54) is 16.2 Å². The molecule has 0 saturated carbocycles. The summed E-state index contributed by atoms with van der Waals surface area (Å²) in [5.41, 5.74) is 1.53. The molecule has 1 N–H and O–H groups in total. The second-order valence-electron chi connectivity index (χ2n) is 8.76. The van der Waals surface area contributed by atoms with Gasteiger partial charge >= 0.3 is 0 Å². The van der Waals surface area contributed by atoms with Crippen molar-refractivity contribution in [2.24, 2.45) is 5.92 Å². The topological polar surface area (TPSA) is 79.8 Å². The molecule has 0 spiro atoms. The van der Waals surface area contributed by atoms with E-state index in [0.717, 1.165) is 31.2 Å². The number of aryl methyl sites for hydroxylation is 1. The lowest BCUT2D eigenvalue weighted by Crippen LogP contribution is -2.33. The number of thioether (sulfide) groups is 1. The van der Waals surface area contributed by atoms with Crippen LogP contribution < -0.4 is 10.9 Å². The minimum Gasteiger partial charge on any atom is -0.467 e. The van der Waals surface area contributed by atoms with E-state index in [9.17, 15) is 9.59 Å². The van der Waals surface area contributed by atoms with Gasteiger partial charge in [-0.1, -0.05) is 63.2 Å². The Bertz CT molecular complexity index is 1310. The highest BCUT2D eigenvalue weighted by Gasteiger charge is 2.33. The third-order valence-corrected chi connectivity index (χ3v) is 7.53. The molecule has 4 rings (SSSR count). The number of unbranched alkanes of at least 4 members (excludes halogenated alkanes) is 1. The molecule has 1 aliphatic rings. The number of nitrogens with zero attached hydrogens (tertiary/aromatic N) is 3. The van der Waals surface area contributed by atoms with Gasteiger partial charge in [0.05, 0.1) is 23.3 Å². The molecule has 7 nitrogen and oxygen atoms in total. The van der Waals surface area contributed by atoms with Crippen molar-refractivity contribution < 1.29 is 9.21 Å². The Morgan fingerprint density at radius 2 is 2.09 bits per heavy atom. The Balaban J connectivity index is 1.69. The number of aromatic nitrogens is 2. The maximum absolute atomic E-state index is 13.5. The standard InChI is InChI=1S/C26H30N4O3S2/c1-4-6-8-18(5-2)16-30-25(32)21(35-26(30)34)13-20-23(27-14-19-9-7-12-33-19)28-22-11-10-17(3)15-29(22)24(20)31/h7,9-13,15,18,27H,4-6,8,14,16H2,1-3H3/b21-13+. The van der Waals surface area contributed by atoms with Gasteiger partial charge in [0.1, 0.15) is 21.5 Å². The van der Waals surface area contributed by atoms with Crippen LogP contribution in [0.2, 0.25) is 0 Å². The SMILES string of the molecule is CCCCC(CC)CN1C(=O)/C(=C\c2c(NCc3ccco3)nc3ccc(C)cn3c2=O)SC1=S. The van der Waals surface area contributed by atoms with Crippen LogP contribution in [-0.4, -0.2) is 31.1 Å². The molecular formula is C26H30N4O3S2. The van der Waals surface area contributed by atoms with E-state index in [-0.39, 0.29) is 11.5 Å². The molecule has 0 aromatic carbocycles. The summed E-state index contributed by atoms with van der Waals surface area (Å²) < 4.78 is 7.46. The fourth-order valence-corrected chi connectivity index (χ4v) is 5.33. The van der Waals surface area contributed by atoms with Gasteiger partial charge in [0.25, 0.3) is 11.5 Å². The molecule has 0 aliphatic carbocycles. The van der Waals surface area contributed by atoms with E-state index in [1.807, 2.05) is 19.1 Å². The molecular weight excluding hydrogens is 480 g/mol. The molecule has 3 aromatic heterocycles. The Morgan fingerprint density at radius 3 is 2.80 bits per heavy atom. The Hall–Kier alpha value is -2.91. The van der Waals surface area contributed by atoms with Crippen molar-refractivity contribution in [1.82, 2.24) is 14.3 Å². The quantitative estimate of drug-likeness (QED) is 0.280. The van der Waals surface area contributed by atoms with Gasteiger partial charge in [0.2, 0.25) is 0 Å². The molecule has 3 aromatic rings. The van der Waals surface area contributed by atoms with Crippen LogP contribution in [0.25, 0.3) is 11.7 Å². The molecule has 1 fully saturated rings. The lowest BCUT2D eigenvalue weighted by Gasteiger charge is -2.21. The number of hydrogen-bond acceptors (Lipinski definition) is 7. The van der Waals surface area contributed by atoms with Crippen molar-refractivity contribution >= 4 is 51.7 Å². The molecule has 4 heterocycles.